The number of nitrogens with zero attached hydrogens (tertiary/aromatic N) is 1. The van der Waals surface area contributed by atoms with E-state index < -0.39 is 49.2 Å². The fraction of sp³-hybridized carbons (Fsp3) is 0.564. The summed E-state index contributed by atoms with van der Waals surface area (Å²) in [7, 11) is 0.834. The molecule has 2 aromatic carbocycles. The second-order valence-electron chi connectivity index (χ2n) is 15.1. The zero-order chi connectivity index (χ0) is 38.8. The summed E-state index contributed by atoms with van der Waals surface area (Å²) in [6, 6.07) is 14.7. The number of nitrogens with two attached hydrogens (primary N) is 2. The fourth-order valence-corrected chi connectivity index (χ4v) is 7.59. The molecule has 2 aromatic rings. The summed E-state index contributed by atoms with van der Waals surface area (Å²) in [5.41, 5.74) is 15.6. The van der Waals surface area contributed by atoms with Gasteiger partial charge in [0.2, 0.25) is 23.6 Å². The van der Waals surface area contributed by atoms with Gasteiger partial charge in [-0.25, -0.2) is 0 Å². The van der Waals surface area contributed by atoms with Crippen LogP contribution in [0.15, 0.2) is 48.5 Å². The lowest BCUT2D eigenvalue weighted by atomic mass is 9.51. The number of carbonyl (C=O) groups excluding carboxylic acids is 5. The third-order valence-corrected chi connectivity index (χ3v) is 11.1. The summed E-state index contributed by atoms with van der Waals surface area (Å²) in [4.78, 5) is 65.1. The molecule has 8 N–H and O–H groups in total. The highest BCUT2D eigenvalue weighted by atomic mass is 16.7. The van der Waals surface area contributed by atoms with Gasteiger partial charge in [0.15, 0.2) is 0 Å². The topological polar surface area (TPSA) is 207 Å². The molecule has 14 nitrogen and oxygen atoms in total. The quantitative estimate of drug-likeness (QED) is 0.0904. The van der Waals surface area contributed by atoms with E-state index >= 15 is 0 Å². The van der Waals surface area contributed by atoms with Crippen molar-refractivity contribution in [3.05, 3.63) is 59.7 Å². The molecule has 5 amide bonds. The van der Waals surface area contributed by atoms with Gasteiger partial charge in [-0.2, -0.15) is 0 Å². The van der Waals surface area contributed by atoms with E-state index in [9.17, 15) is 24.0 Å². The molecule has 54 heavy (non-hydrogen) atoms. The van der Waals surface area contributed by atoms with Crippen molar-refractivity contribution in [2.45, 2.75) is 89.0 Å². The van der Waals surface area contributed by atoms with Crippen LogP contribution in [-0.2, 0) is 34.9 Å². The van der Waals surface area contributed by atoms with E-state index in [0.717, 1.165) is 48.1 Å². The average Bonchev–Trinajstić information content (AvgIpc) is 3.60. The van der Waals surface area contributed by atoms with Gasteiger partial charge in [-0.05, 0) is 93.2 Å². The SMILES string of the molecule is CCCCc1ccc(-c2ccc(C(=O)NCC(=O)N(C)CC(=O)NCC(=O)N[C@@H](CCCCN)C(=O)NCB3OC4C[C@@H]5C[C@H](C4O3)C5(C)N)cc2)cc1. The van der Waals surface area contributed by atoms with Crippen LogP contribution >= 0.6 is 0 Å². The number of amides is 5. The van der Waals surface area contributed by atoms with Crippen molar-refractivity contribution >= 4 is 36.7 Å². The zero-order valence-corrected chi connectivity index (χ0v) is 31.7. The number of carbonyl (C=O) groups is 5. The molecule has 15 heteroatoms. The largest absolute Gasteiger partial charge is 0.478 e. The maximum absolute atomic E-state index is 13.1. The maximum Gasteiger partial charge on any atom is 0.478 e. The van der Waals surface area contributed by atoms with Crippen LogP contribution in [0.4, 0.5) is 0 Å². The molecular formula is C39H56BN7O7. The molecular weight excluding hydrogens is 689 g/mol. The molecule has 3 unspecified atom stereocenters. The van der Waals surface area contributed by atoms with Crippen molar-refractivity contribution in [1.82, 2.24) is 26.2 Å². The molecule has 292 valence electrons. The molecule has 6 rings (SSSR count). The third kappa shape index (κ3) is 10.5. The molecule has 0 radical (unpaired) electrons. The van der Waals surface area contributed by atoms with Gasteiger partial charge in [0.1, 0.15) is 6.04 Å². The van der Waals surface area contributed by atoms with Crippen LogP contribution in [0.2, 0.25) is 0 Å². The van der Waals surface area contributed by atoms with Crippen molar-refractivity contribution in [3.8, 4) is 11.1 Å². The highest BCUT2D eigenvalue weighted by Crippen LogP contribution is 2.55. The molecule has 3 saturated carbocycles. The standard InChI is InChI=1S/C39H56BN7O7/c1-4-5-8-25-10-12-26(13-11-25)27-14-16-28(17-15-27)37(51)44-22-35(50)47(3)23-34(49)43-21-33(48)46-31(9-6-7-18-41)38(52)45-24-40-53-32-20-29-19-30(36(32)54-40)39(29,2)42/h10-17,29-32,36H,4-9,18-24,41-42H2,1-3H3,(H,43,49)(H,44,51)(H,45,52)(H,46,48)/t29-,30+,31-,32?,36?,39?/m0/s1. The predicted molar refractivity (Wildman–Crippen MR) is 206 cm³/mol. The van der Waals surface area contributed by atoms with E-state index in [-0.39, 0.29) is 43.2 Å². The first-order valence-electron chi connectivity index (χ1n) is 19.2. The molecule has 0 aromatic heterocycles. The number of aryl methyl sites for hydroxylation is 1. The van der Waals surface area contributed by atoms with Crippen molar-refractivity contribution < 1.29 is 33.3 Å². The average molecular weight is 746 g/mol. The molecule has 1 heterocycles. The summed E-state index contributed by atoms with van der Waals surface area (Å²) in [5, 5.41) is 10.6. The Morgan fingerprint density at radius 3 is 2.28 bits per heavy atom. The van der Waals surface area contributed by atoms with Crippen molar-refractivity contribution in [2.24, 2.45) is 23.3 Å². The highest BCUT2D eigenvalue weighted by Gasteiger charge is 2.62. The minimum Gasteiger partial charge on any atom is -0.405 e. The molecule has 4 aliphatic rings. The summed E-state index contributed by atoms with van der Waals surface area (Å²) in [6.07, 6.45) is 6.88. The minimum atomic E-state index is -0.851. The maximum atomic E-state index is 13.1. The number of rotatable bonds is 19. The van der Waals surface area contributed by atoms with Crippen LogP contribution in [0.1, 0.15) is 74.7 Å². The van der Waals surface area contributed by atoms with Crippen molar-refractivity contribution in [1.29, 1.82) is 0 Å². The second-order valence-corrected chi connectivity index (χ2v) is 15.1. The van der Waals surface area contributed by atoms with Crippen LogP contribution in [0.3, 0.4) is 0 Å². The van der Waals surface area contributed by atoms with E-state index in [1.54, 1.807) is 12.1 Å². The molecule has 1 saturated heterocycles. The van der Waals surface area contributed by atoms with Gasteiger partial charge < -0.3 is 46.9 Å². The van der Waals surface area contributed by atoms with Gasteiger partial charge in [0.05, 0.1) is 38.3 Å². The van der Waals surface area contributed by atoms with Crippen LogP contribution in [0, 0.1) is 11.8 Å². The lowest BCUT2D eigenvalue weighted by Crippen LogP contribution is -2.69. The van der Waals surface area contributed by atoms with Gasteiger partial charge >= 0.3 is 7.12 Å². The first-order chi connectivity index (χ1) is 25.9. The summed E-state index contributed by atoms with van der Waals surface area (Å²) >= 11 is 0. The molecule has 4 fully saturated rings. The number of benzene rings is 2. The number of unbranched alkanes of at least 4 members (excludes halogenated alkanes) is 2. The van der Waals surface area contributed by atoms with Gasteiger partial charge in [0, 0.05) is 24.1 Å². The smallest absolute Gasteiger partial charge is 0.405 e. The Hall–Kier alpha value is -4.31. The zero-order valence-electron chi connectivity index (χ0n) is 31.7. The lowest BCUT2D eigenvalue weighted by molar-refractivity contribution is -0.134. The summed E-state index contributed by atoms with van der Waals surface area (Å²) in [5.74, 6) is -1.78. The number of nitrogens with one attached hydrogen (secondary N) is 4. The summed E-state index contributed by atoms with van der Waals surface area (Å²) < 4.78 is 12.2. The number of likely N-dealkylation sites (N-methyl/N-ethyl adjacent to an activating group) is 1. The van der Waals surface area contributed by atoms with Crippen molar-refractivity contribution in [3.63, 3.8) is 0 Å². The Balaban J connectivity index is 1.00. The van der Waals surface area contributed by atoms with E-state index in [0.29, 0.717) is 37.3 Å². The van der Waals surface area contributed by atoms with E-state index in [4.69, 9.17) is 20.8 Å². The number of hydrogen-bond donors (Lipinski definition) is 6. The van der Waals surface area contributed by atoms with Crippen LogP contribution in [-0.4, -0.2) is 105 Å². The van der Waals surface area contributed by atoms with Gasteiger partial charge in [-0.3, -0.25) is 24.0 Å². The normalized spacial score (nSPS) is 23.0. The molecule has 0 spiro atoms. The first kappa shape index (κ1) is 40.9. The van der Waals surface area contributed by atoms with Crippen molar-refractivity contribution in [2.75, 3.05) is 39.7 Å². The van der Waals surface area contributed by atoms with E-state index in [1.807, 2.05) is 12.1 Å². The minimum absolute atomic E-state index is 0.0310. The Morgan fingerprint density at radius 1 is 0.907 bits per heavy atom. The van der Waals surface area contributed by atoms with Gasteiger partial charge in [-0.15, -0.1) is 0 Å². The van der Waals surface area contributed by atoms with Gasteiger partial charge in [0.25, 0.3) is 5.91 Å². The Morgan fingerprint density at radius 2 is 1.61 bits per heavy atom. The fourth-order valence-electron chi connectivity index (χ4n) is 7.59. The molecule has 2 bridgehead atoms. The van der Waals surface area contributed by atoms with E-state index in [2.05, 4.69) is 59.4 Å². The lowest BCUT2D eigenvalue weighted by Gasteiger charge is -2.59. The van der Waals surface area contributed by atoms with Crippen LogP contribution in [0.5, 0.6) is 0 Å². The van der Waals surface area contributed by atoms with Crippen LogP contribution in [0.25, 0.3) is 11.1 Å². The van der Waals surface area contributed by atoms with Crippen LogP contribution < -0.4 is 32.7 Å². The second kappa shape index (κ2) is 18.8. The molecule has 3 aliphatic carbocycles. The molecule has 6 atom stereocenters. The van der Waals surface area contributed by atoms with E-state index in [1.165, 1.54) is 12.6 Å². The third-order valence-electron chi connectivity index (χ3n) is 11.1. The van der Waals surface area contributed by atoms with Gasteiger partial charge in [-0.1, -0.05) is 49.7 Å². The highest BCUT2D eigenvalue weighted by molar-refractivity contribution is 6.45. The monoisotopic (exact) mass is 745 g/mol. The Kier molecular flexibility index (Phi) is 14.3. The predicted octanol–water partition coefficient (Wildman–Crippen LogP) is 1.30. The Labute approximate surface area is 318 Å². The number of hydrogen-bond acceptors (Lipinski definition) is 9. The summed E-state index contributed by atoms with van der Waals surface area (Å²) in [6.45, 7) is 3.65. The Bertz CT molecular complexity index is 1620. The first-order valence-corrected chi connectivity index (χ1v) is 19.2. The molecule has 1 aliphatic heterocycles.